The third-order valence-corrected chi connectivity index (χ3v) is 10.5. The van der Waals surface area contributed by atoms with Gasteiger partial charge in [0.1, 0.15) is 0 Å². The number of fused-ring (bicyclic) bond motifs is 9. The van der Waals surface area contributed by atoms with Gasteiger partial charge in [-0.1, -0.05) is 109 Å². The third-order valence-electron chi connectivity index (χ3n) is 10.5. The lowest BCUT2D eigenvalue weighted by Gasteiger charge is -2.15. The molecule has 0 spiro atoms. The second kappa shape index (κ2) is 10.00. The van der Waals surface area contributed by atoms with Gasteiger partial charge in [-0.05, 0) is 109 Å². The average molecular weight is 621 g/mol. The fourth-order valence-corrected chi connectivity index (χ4v) is 8.37. The third kappa shape index (κ3) is 3.80. The molecular weight excluding hydrogens is 593 g/mol. The van der Waals surface area contributed by atoms with Crippen molar-refractivity contribution in [1.82, 2.24) is 9.38 Å². The van der Waals surface area contributed by atoms with Crippen LogP contribution in [-0.4, -0.2) is 9.38 Å². The minimum Gasteiger partial charge on any atom is -0.308 e. The number of nitrogens with zero attached hydrogens (tertiary/aromatic N) is 2. The van der Waals surface area contributed by atoms with E-state index in [1.165, 1.54) is 92.7 Å². The van der Waals surface area contributed by atoms with E-state index in [1.54, 1.807) is 0 Å². The van der Waals surface area contributed by atoms with Gasteiger partial charge in [0.05, 0.1) is 16.6 Å². The second-order valence-electron chi connectivity index (χ2n) is 13.2. The Morgan fingerprint density at radius 2 is 1.08 bits per heavy atom. The Bertz CT molecular complexity index is 3080. The van der Waals surface area contributed by atoms with Gasteiger partial charge in [-0.3, -0.25) is 4.98 Å². The fraction of sp³-hybridized carbons (Fsp3) is 0. The highest BCUT2D eigenvalue weighted by molar-refractivity contribution is 6.28. The van der Waals surface area contributed by atoms with Crippen LogP contribution in [0.2, 0.25) is 0 Å². The summed E-state index contributed by atoms with van der Waals surface area (Å²) in [5.41, 5.74) is 10.9. The van der Waals surface area contributed by atoms with Gasteiger partial charge in [0.15, 0.2) is 0 Å². The van der Waals surface area contributed by atoms with E-state index in [2.05, 4.69) is 161 Å². The summed E-state index contributed by atoms with van der Waals surface area (Å²) in [6.07, 6.45) is 3.81. The summed E-state index contributed by atoms with van der Waals surface area (Å²) >= 11 is 0. The minimum atomic E-state index is 1.11. The first kappa shape index (κ1) is 26.5. The van der Waals surface area contributed by atoms with E-state index >= 15 is 0 Å². The second-order valence-corrected chi connectivity index (χ2v) is 13.2. The zero-order valence-corrected chi connectivity index (χ0v) is 26.6. The van der Waals surface area contributed by atoms with E-state index in [0.717, 1.165) is 11.1 Å². The molecule has 0 bridgehead atoms. The van der Waals surface area contributed by atoms with Crippen molar-refractivity contribution in [2.75, 3.05) is 0 Å². The van der Waals surface area contributed by atoms with Gasteiger partial charge in [-0.15, -0.1) is 0 Å². The van der Waals surface area contributed by atoms with Crippen molar-refractivity contribution in [3.05, 3.63) is 170 Å². The SMILES string of the molecule is c1cncc(-c2cc(-c3ccc4c(c3)c3ccc5cccc6c7ccccc7n4c3c56)cc(-c3cc4ccccc4c4ccccc34)c2)c1. The highest BCUT2D eigenvalue weighted by Gasteiger charge is 2.19. The molecule has 49 heavy (non-hydrogen) atoms. The molecule has 0 aliphatic rings. The molecule has 0 saturated heterocycles. The van der Waals surface area contributed by atoms with Crippen LogP contribution in [0, 0.1) is 0 Å². The van der Waals surface area contributed by atoms with Gasteiger partial charge >= 0.3 is 0 Å². The van der Waals surface area contributed by atoms with E-state index < -0.39 is 0 Å². The zero-order valence-electron chi connectivity index (χ0n) is 26.6. The predicted molar refractivity (Wildman–Crippen MR) is 208 cm³/mol. The van der Waals surface area contributed by atoms with Gasteiger partial charge in [-0.25, -0.2) is 0 Å². The maximum atomic E-state index is 4.49. The quantitative estimate of drug-likeness (QED) is 0.142. The van der Waals surface area contributed by atoms with Crippen molar-refractivity contribution >= 4 is 70.4 Å². The van der Waals surface area contributed by atoms with Crippen LogP contribution in [0.1, 0.15) is 0 Å². The topological polar surface area (TPSA) is 17.3 Å². The fourth-order valence-electron chi connectivity index (χ4n) is 8.37. The first-order chi connectivity index (χ1) is 24.3. The maximum Gasteiger partial charge on any atom is 0.0625 e. The number of rotatable bonds is 3. The van der Waals surface area contributed by atoms with Crippen LogP contribution in [0.25, 0.3) is 104 Å². The van der Waals surface area contributed by atoms with Gasteiger partial charge in [0.2, 0.25) is 0 Å². The number of aromatic nitrogens is 2. The maximum absolute atomic E-state index is 4.49. The van der Waals surface area contributed by atoms with Crippen molar-refractivity contribution < 1.29 is 0 Å². The number of benzene rings is 8. The summed E-state index contributed by atoms with van der Waals surface area (Å²) in [6.45, 7) is 0. The summed E-state index contributed by atoms with van der Waals surface area (Å²) < 4.78 is 2.48. The van der Waals surface area contributed by atoms with Crippen LogP contribution in [0.3, 0.4) is 0 Å². The molecule has 3 aromatic heterocycles. The van der Waals surface area contributed by atoms with Crippen molar-refractivity contribution in [2.24, 2.45) is 0 Å². The highest BCUT2D eigenvalue weighted by Crippen LogP contribution is 2.43. The lowest BCUT2D eigenvalue weighted by molar-refractivity contribution is 1.33. The molecule has 0 amide bonds. The number of hydrogen-bond acceptors (Lipinski definition) is 1. The monoisotopic (exact) mass is 620 g/mol. The van der Waals surface area contributed by atoms with Crippen molar-refractivity contribution in [3.8, 4) is 33.4 Å². The Balaban J connectivity index is 1.21. The average Bonchev–Trinajstić information content (AvgIpc) is 3.52. The molecule has 0 saturated carbocycles. The van der Waals surface area contributed by atoms with Gasteiger partial charge in [0, 0.05) is 39.5 Å². The summed E-state index contributed by atoms with van der Waals surface area (Å²) in [7, 11) is 0. The van der Waals surface area contributed by atoms with Crippen molar-refractivity contribution in [3.63, 3.8) is 0 Å². The molecule has 0 unspecified atom stereocenters. The Morgan fingerprint density at radius 3 is 1.96 bits per heavy atom. The molecular formula is C47H28N2. The molecule has 2 heteroatoms. The molecule has 0 N–H and O–H groups in total. The summed E-state index contributed by atoms with van der Waals surface area (Å²) in [5.74, 6) is 0. The molecule has 3 heterocycles. The molecule has 11 rings (SSSR count). The van der Waals surface area contributed by atoms with E-state index in [-0.39, 0.29) is 0 Å². The molecule has 0 aliphatic heterocycles. The standard InChI is InChI=1S/C47H28N2/c1-2-12-36-31(9-1)27-42(38-14-4-3-13-37(36)38)35-24-33(23-34(25-35)32-11-8-22-48-28-32)30-19-21-45-43(26-30)41-20-18-29-10-7-16-40-39-15-5-6-17-44(39)49(45)47(41)46(29)40/h1-28H. The normalized spacial score (nSPS) is 12.1. The minimum absolute atomic E-state index is 1.11. The number of hydrogen-bond donors (Lipinski definition) is 0. The molecule has 0 radical (unpaired) electrons. The van der Waals surface area contributed by atoms with E-state index in [1.807, 2.05) is 18.5 Å². The van der Waals surface area contributed by atoms with E-state index in [4.69, 9.17) is 0 Å². The first-order valence-corrected chi connectivity index (χ1v) is 16.9. The van der Waals surface area contributed by atoms with Crippen molar-refractivity contribution in [1.29, 1.82) is 0 Å². The summed E-state index contributed by atoms with van der Waals surface area (Å²) in [5, 5.41) is 12.8. The Hall–Kier alpha value is -6.51. The Labute approximate surface area is 282 Å². The zero-order chi connectivity index (χ0) is 32.1. The molecule has 2 nitrogen and oxygen atoms in total. The smallest absolute Gasteiger partial charge is 0.0625 e. The Morgan fingerprint density at radius 1 is 0.367 bits per heavy atom. The van der Waals surface area contributed by atoms with Crippen LogP contribution in [0.5, 0.6) is 0 Å². The molecule has 0 fully saturated rings. The molecule has 0 atom stereocenters. The first-order valence-electron chi connectivity index (χ1n) is 16.9. The van der Waals surface area contributed by atoms with Crippen LogP contribution in [0.15, 0.2) is 170 Å². The van der Waals surface area contributed by atoms with E-state index in [0.29, 0.717) is 0 Å². The predicted octanol–water partition coefficient (Wildman–Crippen LogP) is 12.7. The summed E-state index contributed by atoms with van der Waals surface area (Å²) in [6, 6.07) is 58.2. The van der Waals surface area contributed by atoms with Crippen LogP contribution >= 0.6 is 0 Å². The van der Waals surface area contributed by atoms with Gasteiger partial charge < -0.3 is 4.40 Å². The van der Waals surface area contributed by atoms with Crippen LogP contribution in [0.4, 0.5) is 0 Å². The van der Waals surface area contributed by atoms with Gasteiger partial charge in [-0.2, -0.15) is 0 Å². The van der Waals surface area contributed by atoms with Crippen LogP contribution < -0.4 is 0 Å². The van der Waals surface area contributed by atoms with Gasteiger partial charge in [0.25, 0.3) is 0 Å². The molecule has 0 aliphatic carbocycles. The number of para-hydroxylation sites is 1. The van der Waals surface area contributed by atoms with Crippen molar-refractivity contribution in [2.45, 2.75) is 0 Å². The molecule has 226 valence electrons. The lowest BCUT2D eigenvalue weighted by atomic mass is 9.89. The Kier molecular flexibility index (Phi) is 5.42. The molecule has 11 aromatic rings. The number of pyridine rings is 2. The lowest BCUT2D eigenvalue weighted by Crippen LogP contribution is -1.92. The summed E-state index contributed by atoms with van der Waals surface area (Å²) in [4.78, 5) is 4.49. The largest absolute Gasteiger partial charge is 0.308 e. The van der Waals surface area contributed by atoms with Crippen LogP contribution in [-0.2, 0) is 0 Å². The van der Waals surface area contributed by atoms with E-state index in [9.17, 15) is 0 Å². The molecule has 8 aromatic carbocycles. The highest BCUT2D eigenvalue weighted by atomic mass is 14.9.